The number of rotatable bonds is 3. The second-order valence-electron chi connectivity index (χ2n) is 17.6. The third-order valence-corrected chi connectivity index (χ3v) is 11.7. The van der Waals surface area contributed by atoms with Gasteiger partial charge in [-0.1, -0.05) is 71.9 Å². The number of benzene rings is 2. The molecule has 299 valence electrons. The van der Waals surface area contributed by atoms with Crippen molar-refractivity contribution in [3.8, 4) is 11.5 Å². The van der Waals surface area contributed by atoms with Gasteiger partial charge in [-0.05, 0) is 130 Å². The van der Waals surface area contributed by atoms with Gasteiger partial charge in [-0.3, -0.25) is 4.79 Å². The van der Waals surface area contributed by atoms with Gasteiger partial charge in [0.1, 0.15) is 11.5 Å². The SMILES string of the molecule is CC(C)C.CC(C)C.CO.COC1(c2cccc(O)c2)OOC12C1CC3CC(C1)CC2C3.O=C(O)c1cccc([O-])c1.O=C1C2CC3CC(C2)CC1C3.[Y]. The minimum atomic E-state index is -1.07. The molecule has 1 heterocycles. The molecule has 8 bridgehead atoms. The first-order valence-corrected chi connectivity index (χ1v) is 19.9. The first kappa shape index (κ1) is 46.5. The van der Waals surface area contributed by atoms with E-state index in [4.69, 9.17) is 24.7 Å². The van der Waals surface area contributed by atoms with E-state index in [9.17, 15) is 19.8 Å². The molecule has 1 unspecified atom stereocenters. The van der Waals surface area contributed by atoms with Crippen LogP contribution in [-0.4, -0.2) is 46.9 Å². The Hall–Kier alpha value is -1.88. The molecule has 1 aliphatic heterocycles. The van der Waals surface area contributed by atoms with Crippen LogP contribution in [-0.2, 0) is 57.8 Å². The maximum absolute atomic E-state index is 11.6. The van der Waals surface area contributed by atoms with Crippen LogP contribution in [0.2, 0.25) is 0 Å². The van der Waals surface area contributed by atoms with Gasteiger partial charge in [0.05, 0.1) is 5.56 Å². The van der Waals surface area contributed by atoms with Crippen LogP contribution in [0, 0.1) is 59.2 Å². The molecule has 10 heteroatoms. The number of carboxylic acids is 1. The minimum absolute atomic E-state index is 0. The number of aromatic carboxylic acids is 1. The molecule has 0 aromatic heterocycles. The molecule has 54 heavy (non-hydrogen) atoms. The molecule has 8 saturated carbocycles. The fraction of sp³-hybridized carbons (Fsp3) is 0.682. The van der Waals surface area contributed by atoms with Crippen molar-refractivity contribution in [1.82, 2.24) is 0 Å². The summed E-state index contributed by atoms with van der Waals surface area (Å²) in [5, 5.41) is 35.8. The van der Waals surface area contributed by atoms with Gasteiger partial charge in [0, 0.05) is 64.3 Å². The van der Waals surface area contributed by atoms with Crippen LogP contribution in [0.25, 0.3) is 0 Å². The molecule has 9 nitrogen and oxygen atoms in total. The number of hydrogen-bond donors (Lipinski definition) is 3. The Morgan fingerprint density at radius 1 is 0.741 bits per heavy atom. The Balaban J connectivity index is 0.000000207. The fourth-order valence-electron chi connectivity index (χ4n) is 10.3. The van der Waals surface area contributed by atoms with Crippen LogP contribution in [0.1, 0.15) is 122 Å². The predicted octanol–water partition coefficient (Wildman–Crippen LogP) is 8.75. The number of carbonyl (C=O) groups excluding carboxylic acids is 1. The summed E-state index contributed by atoms with van der Waals surface area (Å²) in [6.07, 6.45) is 12.7. The van der Waals surface area contributed by atoms with Crippen molar-refractivity contribution in [1.29, 1.82) is 0 Å². The molecule has 2 aromatic rings. The van der Waals surface area contributed by atoms with Crippen molar-refractivity contribution >= 4 is 11.8 Å². The van der Waals surface area contributed by atoms with Crippen LogP contribution >= 0.6 is 0 Å². The third-order valence-electron chi connectivity index (χ3n) is 11.7. The molecule has 1 atom stereocenters. The summed E-state index contributed by atoms with van der Waals surface area (Å²) in [5.41, 5.74) is 0.532. The van der Waals surface area contributed by atoms with Crippen molar-refractivity contribution in [3.05, 3.63) is 59.7 Å². The van der Waals surface area contributed by atoms with Crippen LogP contribution in [0.5, 0.6) is 11.5 Å². The minimum Gasteiger partial charge on any atom is -0.872 e. The molecule has 1 radical (unpaired) electrons. The Labute approximate surface area is 348 Å². The maximum atomic E-state index is 11.6. The van der Waals surface area contributed by atoms with Gasteiger partial charge in [0.15, 0.2) is 5.60 Å². The van der Waals surface area contributed by atoms with Crippen molar-refractivity contribution < 1.29 is 77.2 Å². The van der Waals surface area contributed by atoms with Gasteiger partial charge in [-0.2, -0.15) is 4.89 Å². The van der Waals surface area contributed by atoms with E-state index in [0.717, 1.165) is 54.2 Å². The summed E-state index contributed by atoms with van der Waals surface area (Å²) in [6.45, 7) is 13.0. The second-order valence-corrected chi connectivity index (χ2v) is 17.6. The molecule has 1 saturated heterocycles. The van der Waals surface area contributed by atoms with Crippen molar-refractivity contribution in [3.63, 3.8) is 0 Å². The zero-order chi connectivity index (χ0) is 39.1. The second kappa shape index (κ2) is 20.5. The number of ether oxygens (including phenoxy) is 1. The Bertz CT molecular complexity index is 1420. The maximum Gasteiger partial charge on any atom is 0.335 e. The van der Waals surface area contributed by atoms with E-state index in [-0.39, 0.29) is 55.4 Å². The molecule has 8 aliphatic carbocycles. The zero-order valence-electron chi connectivity index (χ0n) is 33.8. The summed E-state index contributed by atoms with van der Waals surface area (Å²) < 4.78 is 5.94. The van der Waals surface area contributed by atoms with Crippen LogP contribution < -0.4 is 5.11 Å². The number of carboxylic acid groups (broad SMARTS) is 1. The topological polar surface area (TPSA) is 146 Å². The van der Waals surface area contributed by atoms with Gasteiger partial charge in [0.2, 0.25) is 0 Å². The molecule has 0 amide bonds. The monoisotopic (exact) mass is 826 g/mol. The van der Waals surface area contributed by atoms with E-state index in [1.807, 2.05) is 12.1 Å². The Kier molecular flexibility index (Phi) is 17.7. The number of aliphatic hydroxyl groups excluding tert-OH is 1. The number of phenols is 1. The number of methoxy groups -OCH3 is 1. The van der Waals surface area contributed by atoms with Crippen molar-refractivity contribution in [2.45, 2.75) is 117 Å². The average Bonchev–Trinajstić information content (AvgIpc) is 3.08. The first-order valence-electron chi connectivity index (χ1n) is 19.9. The predicted molar refractivity (Wildman–Crippen MR) is 203 cm³/mol. The molecule has 11 rings (SSSR count). The number of phenolic OH excluding ortho intramolecular Hbond substituents is 1. The number of aliphatic hydroxyl groups is 1. The smallest absolute Gasteiger partial charge is 0.335 e. The number of hydrogen-bond acceptors (Lipinski definition) is 8. The third kappa shape index (κ3) is 10.5. The van der Waals surface area contributed by atoms with Crippen LogP contribution in [0.4, 0.5) is 0 Å². The molecule has 1 spiro atoms. The van der Waals surface area contributed by atoms with E-state index < -0.39 is 11.8 Å². The number of carbonyl (C=O) groups is 2. The summed E-state index contributed by atoms with van der Waals surface area (Å²) in [5.74, 6) is 5.92. The van der Waals surface area contributed by atoms with Crippen molar-refractivity contribution in [2.24, 2.45) is 59.2 Å². The van der Waals surface area contributed by atoms with E-state index in [1.165, 1.54) is 82.4 Å². The normalized spacial score (nSPS) is 33.9. The summed E-state index contributed by atoms with van der Waals surface area (Å²) in [7, 11) is 2.69. The molecular weight excluding hydrogens is 761 g/mol. The fourth-order valence-corrected chi connectivity index (χ4v) is 10.3. The van der Waals surface area contributed by atoms with E-state index in [2.05, 4.69) is 41.5 Å². The van der Waals surface area contributed by atoms with E-state index in [1.54, 1.807) is 19.2 Å². The Morgan fingerprint density at radius 3 is 1.54 bits per heavy atom. The van der Waals surface area contributed by atoms with Crippen LogP contribution in [0.3, 0.4) is 0 Å². The molecule has 2 aromatic carbocycles. The summed E-state index contributed by atoms with van der Waals surface area (Å²) >= 11 is 0. The largest absolute Gasteiger partial charge is 0.872 e. The molecular formula is C44H65O9Y-. The van der Waals surface area contributed by atoms with E-state index in [0.29, 0.717) is 29.5 Å². The average molecular weight is 827 g/mol. The van der Waals surface area contributed by atoms with Gasteiger partial charge >= 0.3 is 5.97 Å². The standard InChI is InChI=1S/C18H22O4.C10H14O.C7H6O3.2C4H10.CH4O.Y/c1-20-18(13-3-2-4-16(19)10-13)17(21-22-18)14-6-11-5-12(8-14)9-15(17)7-11;11-10-8-2-6-1-7(4-8)5-9(10)3-6;8-6-3-1-2-5(4-6)7(9)10;2*1-4(2)3;1-2;/h2-4,10-12,14-15,19H,5-9H2,1H3;6-9H,1-5H2;1-4,8H,(H,9,10);2*4H,1-3H3;2H,1H3;/p-1. The van der Waals surface area contributed by atoms with Gasteiger partial charge < -0.3 is 25.2 Å². The van der Waals surface area contributed by atoms with E-state index >= 15 is 0 Å². The number of Topliss-reactive ketones (excluding diaryl/α,β-unsaturated/α-hetero) is 1. The van der Waals surface area contributed by atoms with Gasteiger partial charge in [-0.25, -0.2) is 9.68 Å². The Morgan fingerprint density at radius 2 is 1.19 bits per heavy atom. The molecule has 3 N–H and O–H groups in total. The number of aromatic hydroxyl groups is 1. The number of ketones is 1. The van der Waals surface area contributed by atoms with Gasteiger partial charge in [0.25, 0.3) is 5.79 Å². The molecule has 9 aliphatic rings. The van der Waals surface area contributed by atoms with Gasteiger partial charge in [-0.15, -0.1) is 5.75 Å². The van der Waals surface area contributed by atoms with Crippen molar-refractivity contribution in [2.75, 3.05) is 14.2 Å². The van der Waals surface area contributed by atoms with Crippen LogP contribution in [0.15, 0.2) is 48.5 Å². The zero-order valence-corrected chi connectivity index (χ0v) is 36.7. The summed E-state index contributed by atoms with van der Waals surface area (Å²) in [4.78, 5) is 33.3. The summed E-state index contributed by atoms with van der Waals surface area (Å²) in [6, 6.07) is 12.4. The quantitative estimate of drug-likeness (QED) is 0.259. The first-order chi connectivity index (χ1) is 25.2. The molecule has 9 fully saturated rings.